The molecule has 0 aromatic rings. The summed E-state index contributed by atoms with van der Waals surface area (Å²) in [4.78, 5) is 16.2. The summed E-state index contributed by atoms with van der Waals surface area (Å²) in [7, 11) is 0. The van der Waals surface area contributed by atoms with Crippen LogP contribution >= 0.6 is 0 Å². The fourth-order valence-electron chi connectivity index (χ4n) is 2.31. The van der Waals surface area contributed by atoms with Crippen LogP contribution in [0.3, 0.4) is 0 Å². The average Bonchev–Trinajstić information content (AvgIpc) is 2.63. The van der Waals surface area contributed by atoms with Gasteiger partial charge in [0.2, 0.25) is 5.91 Å². The minimum Gasteiger partial charge on any atom is -0.367 e. The Labute approximate surface area is 96.5 Å². The average molecular weight is 224 g/mol. The van der Waals surface area contributed by atoms with Crippen LogP contribution in [0.2, 0.25) is 0 Å². The van der Waals surface area contributed by atoms with Crippen molar-refractivity contribution in [1.82, 2.24) is 5.32 Å². The van der Waals surface area contributed by atoms with Crippen molar-refractivity contribution in [3.05, 3.63) is 0 Å². The van der Waals surface area contributed by atoms with Crippen LogP contribution in [0.1, 0.15) is 46.0 Å². The standard InChI is InChI=1S/C12H20N2O2/c1-3-6-9-10(15)14-11(13-9)12(2)7-4-5-8-16-12/h9H,3-8H2,1-2H3,(H,13,14,15). The largest absolute Gasteiger partial charge is 0.367 e. The van der Waals surface area contributed by atoms with Gasteiger partial charge in [0.05, 0.1) is 0 Å². The highest BCUT2D eigenvalue weighted by molar-refractivity contribution is 6.09. The van der Waals surface area contributed by atoms with Gasteiger partial charge in [-0.1, -0.05) is 13.3 Å². The number of hydrogen-bond donors (Lipinski definition) is 1. The highest BCUT2D eigenvalue weighted by atomic mass is 16.5. The van der Waals surface area contributed by atoms with Crippen molar-refractivity contribution in [3.8, 4) is 0 Å². The maximum Gasteiger partial charge on any atom is 0.250 e. The summed E-state index contributed by atoms with van der Waals surface area (Å²) in [5.41, 5.74) is -0.365. The first-order chi connectivity index (χ1) is 7.65. The molecule has 0 radical (unpaired) electrons. The van der Waals surface area contributed by atoms with Crippen LogP contribution in [-0.2, 0) is 9.53 Å². The molecule has 2 aliphatic heterocycles. The monoisotopic (exact) mass is 224 g/mol. The van der Waals surface area contributed by atoms with E-state index in [2.05, 4.69) is 17.2 Å². The van der Waals surface area contributed by atoms with Gasteiger partial charge in [0.15, 0.2) is 0 Å². The molecule has 0 aromatic heterocycles. The van der Waals surface area contributed by atoms with E-state index >= 15 is 0 Å². The highest BCUT2D eigenvalue weighted by Crippen LogP contribution is 2.27. The Balaban J connectivity index is 2.09. The SMILES string of the molecule is CCCC1N=C(C2(C)CCCCO2)NC1=O. The topological polar surface area (TPSA) is 50.7 Å². The van der Waals surface area contributed by atoms with Crippen LogP contribution < -0.4 is 5.32 Å². The van der Waals surface area contributed by atoms with Gasteiger partial charge in [0.25, 0.3) is 0 Å². The van der Waals surface area contributed by atoms with Gasteiger partial charge >= 0.3 is 0 Å². The zero-order chi connectivity index (χ0) is 11.6. The van der Waals surface area contributed by atoms with Crippen LogP contribution in [-0.4, -0.2) is 30.0 Å². The number of carbonyl (C=O) groups excluding carboxylic acids is 1. The summed E-state index contributed by atoms with van der Waals surface area (Å²) >= 11 is 0. The van der Waals surface area contributed by atoms with Gasteiger partial charge in [-0.3, -0.25) is 9.79 Å². The quantitative estimate of drug-likeness (QED) is 0.792. The van der Waals surface area contributed by atoms with Crippen molar-refractivity contribution in [2.45, 2.75) is 57.6 Å². The van der Waals surface area contributed by atoms with Gasteiger partial charge in [0, 0.05) is 6.61 Å². The molecule has 0 aliphatic carbocycles. The van der Waals surface area contributed by atoms with E-state index in [0.717, 1.165) is 44.5 Å². The molecule has 2 rings (SSSR count). The number of aliphatic imine (C=N–C) groups is 1. The van der Waals surface area contributed by atoms with Gasteiger partial charge in [0.1, 0.15) is 17.5 Å². The Morgan fingerprint density at radius 1 is 1.56 bits per heavy atom. The molecule has 2 atom stereocenters. The van der Waals surface area contributed by atoms with Gasteiger partial charge in [-0.2, -0.15) is 0 Å². The van der Waals surface area contributed by atoms with E-state index in [1.807, 2.05) is 6.92 Å². The molecule has 0 aromatic carbocycles. The summed E-state index contributed by atoms with van der Waals surface area (Å²) in [5, 5.41) is 2.89. The zero-order valence-electron chi connectivity index (χ0n) is 10.1. The zero-order valence-corrected chi connectivity index (χ0v) is 10.1. The summed E-state index contributed by atoms with van der Waals surface area (Å²) in [6.45, 7) is 4.86. The Morgan fingerprint density at radius 3 is 3.00 bits per heavy atom. The second-order valence-corrected chi connectivity index (χ2v) is 4.81. The van der Waals surface area contributed by atoms with Crippen molar-refractivity contribution in [1.29, 1.82) is 0 Å². The first-order valence-electron chi connectivity index (χ1n) is 6.19. The lowest BCUT2D eigenvalue weighted by atomic mass is 9.95. The third-order valence-corrected chi connectivity index (χ3v) is 3.36. The maximum absolute atomic E-state index is 11.7. The number of rotatable bonds is 3. The molecule has 1 N–H and O–H groups in total. The highest BCUT2D eigenvalue weighted by Gasteiger charge is 2.39. The van der Waals surface area contributed by atoms with Gasteiger partial charge in [-0.15, -0.1) is 0 Å². The summed E-state index contributed by atoms with van der Waals surface area (Å²) in [6.07, 6.45) is 5.00. The van der Waals surface area contributed by atoms with E-state index in [-0.39, 0.29) is 17.6 Å². The lowest BCUT2D eigenvalue weighted by Gasteiger charge is -2.33. The van der Waals surface area contributed by atoms with Crippen molar-refractivity contribution < 1.29 is 9.53 Å². The van der Waals surface area contributed by atoms with E-state index in [1.165, 1.54) is 0 Å². The molecule has 90 valence electrons. The van der Waals surface area contributed by atoms with Crippen LogP contribution in [0, 0.1) is 0 Å². The number of amides is 1. The number of carbonyl (C=O) groups is 1. The molecule has 4 heteroatoms. The predicted octanol–water partition coefficient (Wildman–Crippen LogP) is 1.64. The Bertz CT molecular complexity index is 306. The summed E-state index contributed by atoms with van der Waals surface area (Å²) in [6, 6.07) is -0.192. The molecule has 1 fully saturated rings. The van der Waals surface area contributed by atoms with Crippen LogP contribution in [0.5, 0.6) is 0 Å². The van der Waals surface area contributed by atoms with E-state index in [4.69, 9.17) is 4.74 Å². The molecular weight excluding hydrogens is 204 g/mol. The lowest BCUT2D eigenvalue weighted by molar-refractivity contribution is -0.120. The third kappa shape index (κ3) is 2.12. The second kappa shape index (κ2) is 4.53. The predicted molar refractivity (Wildman–Crippen MR) is 62.5 cm³/mol. The fraction of sp³-hybridized carbons (Fsp3) is 0.833. The Morgan fingerprint density at radius 2 is 2.38 bits per heavy atom. The van der Waals surface area contributed by atoms with Crippen LogP contribution in [0.15, 0.2) is 4.99 Å². The van der Waals surface area contributed by atoms with E-state index in [0.29, 0.717) is 0 Å². The molecule has 2 aliphatic rings. The van der Waals surface area contributed by atoms with Gasteiger partial charge in [-0.05, 0) is 32.6 Å². The summed E-state index contributed by atoms with van der Waals surface area (Å²) in [5.74, 6) is 0.780. The molecule has 4 nitrogen and oxygen atoms in total. The van der Waals surface area contributed by atoms with Crippen LogP contribution in [0.4, 0.5) is 0 Å². The molecule has 1 saturated heterocycles. The van der Waals surface area contributed by atoms with Gasteiger partial charge in [-0.25, -0.2) is 0 Å². The molecule has 2 unspecified atom stereocenters. The summed E-state index contributed by atoms with van der Waals surface area (Å²) < 4.78 is 5.78. The lowest BCUT2D eigenvalue weighted by Crippen LogP contribution is -2.47. The first kappa shape index (κ1) is 11.6. The number of ether oxygens (including phenoxy) is 1. The van der Waals surface area contributed by atoms with E-state index in [1.54, 1.807) is 0 Å². The first-order valence-corrected chi connectivity index (χ1v) is 6.19. The van der Waals surface area contributed by atoms with Gasteiger partial charge < -0.3 is 10.1 Å². The number of hydrogen-bond acceptors (Lipinski definition) is 3. The molecular formula is C12H20N2O2. The third-order valence-electron chi connectivity index (χ3n) is 3.36. The van der Waals surface area contributed by atoms with Crippen molar-refractivity contribution >= 4 is 11.7 Å². The molecule has 1 amide bonds. The minimum absolute atomic E-state index is 0.0345. The Kier molecular flexibility index (Phi) is 3.28. The Hall–Kier alpha value is -0.900. The molecule has 0 bridgehead atoms. The number of nitrogens with zero attached hydrogens (tertiary/aromatic N) is 1. The van der Waals surface area contributed by atoms with E-state index in [9.17, 15) is 4.79 Å². The van der Waals surface area contributed by atoms with E-state index < -0.39 is 0 Å². The number of amidine groups is 1. The fourth-order valence-corrected chi connectivity index (χ4v) is 2.31. The van der Waals surface area contributed by atoms with Crippen LogP contribution in [0.25, 0.3) is 0 Å². The second-order valence-electron chi connectivity index (χ2n) is 4.81. The minimum atomic E-state index is -0.365. The van der Waals surface area contributed by atoms with Crippen molar-refractivity contribution in [3.63, 3.8) is 0 Å². The normalized spacial score (nSPS) is 34.8. The molecule has 0 saturated carbocycles. The molecule has 16 heavy (non-hydrogen) atoms. The number of nitrogens with one attached hydrogen (secondary N) is 1. The molecule has 0 spiro atoms. The maximum atomic E-state index is 11.7. The van der Waals surface area contributed by atoms with Crippen molar-refractivity contribution in [2.75, 3.05) is 6.61 Å². The van der Waals surface area contributed by atoms with Crippen molar-refractivity contribution in [2.24, 2.45) is 4.99 Å². The molecule has 2 heterocycles. The smallest absolute Gasteiger partial charge is 0.250 e.